The maximum Gasteiger partial charge on any atom is 0.317 e. The van der Waals surface area contributed by atoms with Crippen molar-refractivity contribution in [2.24, 2.45) is 0 Å². The average molecular weight is 247 g/mol. The Morgan fingerprint density at radius 1 is 1.19 bits per heavy atom. The summed E-state index contributed by atoms with van der Waals surface area (Å²) in [6.45, 7) is 0. The predicted molar refractivity (Wildman–Crippen MR) is 51.6 cm³/mol. The lowest BCUT2D eigenvalue weighted by Crippen LogP contribution is -2.00. The molecular formula is C7H3ClN2O6. The number of benzene rings is 1. The van der Waals surface area contributed by atoms with E-state index in [1.54, 1.807) is 0 Å². The maximum absolute atomic E-state index is 10.8. The van der Waals surface area contributed by atoms with Gasteiger partial charge in [0.2, 0.25) is 0 Å². The van der Waals surface area contributed by atoms with Crippen LogP contribution in [0.1, 0.15) is 10.4 Å². The molecule has 0 atom stereocenters. The van der Waals surface area contributed by atoms with Crippen molar-refractivity contribution >= 4 is 28.2 Å². The van der Waals surface area contributed by atoms with E-state index < -0.39 is 37.8 Å². The number of hydrogen-bond acceptors (Lipinski definition) is 6. The van der Waals surface area contributed by atoms with E-state index in [0.717, 1.165) is 0 Å². The SMILES string of the molecule is O=C(Cl)c1cc(O)c([N+](=O)[O-])cc1[N+](=O)[O-]. The number of nitro groups is 2. The molecule has 1 aromatic rings. The molecule has 0 fully saturated rings. The molecule has 1 N–H and O–H groups in total. The Kier molecular flexibility index (Phi) is 3.04. The van der Waals surface area contributed by atoms with Crippen LogP contribution in [0.2, 0.25) is 0 Å². The topological polar surface area (TPSA) is 124 Å². The highest BCUT2D eigenvalue weighted by Gasteiger charge is 2.26. The first-order chi connectivity index (χ1) is 7.34. The molecule has 0 amide bonds. The van der Waals surface area contributed by atoms with Crippen LogP contribution in [0.15, 0.2) is 12.1 Å². The van der Waals surface area contributed by atoms with E-state index >= 15 is 0 Å². The van der Waals surface area contributed by atoms with E-state index in [9.17, 15) is 25.0 Å². The summed E-state index contributed by atoms with van der Waals surface area (Å²) in [7, 11) is 0. The molecule has 0 unspecified atom stereocenters. The fourth-order valence-electron chi connectivity index (χ4n) is 1.02. The third-order valence-electron chi connectivity index (χ3n) is 1.70. The summed E-state index contributed by atoms with van der Waals surface area (Å²) < 4.78 is 0. The summed E-state index contributed by atoms with van der Waals surface area (Å²) in [5.74, 6) is -0.861. The number of aromatic hydroxyl groups is 1. The molecule has 9 heteroatoms. The molecule has 0 aliphatic rings. The van der Waals surface area contributed by atoms with Crippen molar-refractivity contribution in [1.82, 2.24) is 0 Å². The predicted octanol–water partition coefficient (Wildman–Crippen LogP) is 1.59. The van der Waals surface area contributed by atoms with Crippen molar-refractivity contribution in [3.63, 3.8) is 0 Å². The number of rotatable bonds is 3. The minimum absolute atomic E-state index is 0.477. The van der Waals surface area contributed by atoms with Crippen LogP contribution in [-0.4, -0.2) is 20.2 Å². The standard InChI is InChI=1S/C7H3ClN2O6/c8-7(12)3-1-6(11)5(10(15)16)2-4(3)9(13)14/h1-2,11H. The lowest BCUT2D eigenvalue weighted by atomic mass is 10.1. The van der Waals surface area contributed by atoms with Crippen LogP contribution >= 0.6 is 11.6 Å². The monoisotopic (exact) mass is 246 g/mol. The first-order valence-corrected chi connectivity index (χ1v) is 4.08. The Bertz CT molecular complexity index is 500. The molecule has 0 heterocycles. The molecule has 0 saturated heterocycles. The van der Waals surface area contributed by atoms with Crippen LogP contribution in [0.4, 0.5) is 11.4 Å². The Morgan fingerprint density at radius 2 is 1.69 bits per heavy atom. The van der Waals surface area contributed by atoms with E-state index in [0.29, 0.717) is 12.1 Å². The summed E-state index contributed by atoms with van der Waals surface area (Å²) in [6.07, 6.45) is 0. The van der Waals surface area contributed by atoms with Crippen LogP contribution in [0.3, 0.4) is 0 Å². The largest absolute Gasteiger partial charge is 0.502 e. The van der Waals surface area contributed by atoms with E-state index in [1.165, 1.54) is 0 Å². The number of carbonyl (C=O) groups excluding carboxylic acids is 1. The van der Waals surface area contributed by atoms with Crippen LogP contribution in [0.5, 0.6) is 5.75 Å². The third-order valence-corrected chi connectivity index (χ3v) is 1.90. The van der Waals surface area contributed by atoms with Gasteiger partial charge in [0.25, 0.3) is 10.9 Å². The van der Waals surface area contributed by atoms with E-state index in [2.05, 4.69) is 0 Å². The summed E-state index contributed by atoms with van der Waals surface area (Å²) in [4.78, 5) is 29.7. The molecule has 0 aliphatic carbocycles. The molecule has 16 heavy (non-hydrogen) atoms. The average Bonchev–Trinajstić information content (AvgIpc) is 2.15. The van der Waals surface area contributed by atoms with Crippen LogP contribution in [-0.2, 0) is 0 Å². The van der Waals surface area contributed by atoms with Gasteiger partial charge >= 0.3 is 5.69 Å². The lowest BCUT2D eigenvalue weighted by Gasteiger charge is -2.00. The number of halogens is 1. The second kappa shape index (κ2) is 4.11. The molecule has 84 valence electrons. The normalized spacial score (nSPS) is 9.81. The van der Waals surface area contributed by atoms with Gasteiger partial charge in [0, 0.05) is 6.07 Å². The minimum Gasteiger partial charge on any atom is -0.502 e. The Hall–Kier alpha value is -2.22. The van der Waals surface area contributed by atoms with Gasteiger partial charge in [-0.25, -0.2) is 0 Å². The summed E-state index contributed by atoms with van der Waals surface area (Å²) >= 11 is 5.03. The second-order valence-corrected chi connectivity index (χ2v) is 2.99. The molecular weight excluding hydrogens is 244 g/mol. The molecule has 0 saturated carbocycles. The van der Waals surface area contributed by atoms with Crippen molar-refractivity contribution in [1.29, 1.82) is 0 Å². The van der Waals surface area contributed by atoms with Crippen molar-refractivity contribution in [3.8, 4) is 5.75 Å². The number of carbonyl (C=O) groups is 1. The van der Waals surface area contributed by atoms with Crippen LogP contribution in [0, 0.1) is 20.2 Å². The maximum atomic E-state index is 10.8. The molecule has 0 spiro atoms. The van der Waals surface area contributed by atoms with Gasteiger partial charge in [0.1, 0.15) is 5.56 Å². The van der Waals surface area contributed by atoms with Crippen molar-refractivity contribution in [3.05, 3.63) is 37.9 Å². The van der Waals surface area contributed by atoms with Gasteiger partial charge in [-0.15, -0.1) is 0 Å². The van der Waals surface area contributed by atoms with E-state index in [-0.39, 0.29) is 0 Å². The number of nitro benzene ring substituents is 2. The van der Waals surface area contributed by atoms with Crippen molar-refractivity contribution in [2.75, 3.05) is 0 Å². The molecule has 1 aromatic carbocycles. The molecule has 0 aliphatic heterocycles. The second-order valence-electron chi connectivity index (χ2n) is 2.65. The van der Waals surface area contributed by atoms with Gasteiger partial charge in [-0.3, -0.25) is 25.0 Å². The van der Waals surface area contributed by atoms with E-state index in [1.807, 2.05) is 0 Å². The van der Waals surface area contributed by atoms with Gasteiger partial charge in [-0.05, 0) is 11.6 Å². The first-order valence-electron chi connectivity index (χ1n) is 3.70. The first kappa shape index (κ1) is 11.9. The highest BCUT2D eigenvalue weighted by atomic mass is 35.5. The fourth-order valence-corrected chi connectivity index (χ4v) is 1.17. The fraction of sp³-hybridized carbons (Fsp3) is 0. The molecule has 0 bridgehead atoms. The molecule has 1 rings (SSSR count). The zero-order chi connectivity index (χ0) is 12.5. The zero-order valence-electron chi connectivity index (χ0n) is 7.42. The highest BCUT2D eigenvalue weighted by Crippen LogP contribution is 2.33. The molecule has 0 aromatic heterocycles. The smallest absolute Gasteiger partial charge is 0.317 e. The number of phenols is 1. The quantitative estimate of drug-likeness (QED) is 0.490. The lowest BCUT2D eigenvalue weighted by molar-refractivity contribution is -0.394. The van der Waals surface area contributed by atoms with Crippen molar-refractivity contribution in [2.45, 2.75) is 0 Å². The van der Waals surface area contributed by atoms with Gasteiger partial charge in [0.05, 0.1) is 15.9 Å². The number of phenolic OH excluding ortho intramolecular Hbond substituents is 1. The number of nitrogens with zero attached hydrogens (tertiary/aromatic N) is 2. The Morgan fingerprint density at radius 3 is 2.06 bits per heavy atom. The summed E-state index contributed by atoms with van der Waals surface area (Å²) in [6, 6.07) is 1.07. The Balaban J connectivity index is 3.55. The molecule has 8 nitrogen and oxygen atoms in total. The summed E-state index contributed by atoms with van der Waals surface area (Å²) in [5.41, 5.74) is -2.30. The summed E-state index contributed by atoms with van der Waals surface area (Å²) in [5, 5.41) is 28.8. The number of hydrogen-bond donors (Lipinski definition) is 1. The van der Waals surface area contributed by atoms with Gasteiger partial charge in [-0.1, -0.05) is 0 Å². The van der Waals surface area contributed by atoms with Gasteiger partial charge < -0.3 is 5.11 Å². The van der Waals surface area contributed by atoms with Crippen LogP contribution < -0.4 is 0 Å². The van der Waals surface area contributed by atoms with Gasteiger partial charge in [0.15, 0.2) is 5.75 Å². The van der Waals surface area contributed by atoms with E-state index in [4.69, 9.17) is 16.7 Å². The highest BCUT2D eigenvalue weighted by molar-refractivity contribution is 6.68. The Labute approximate surface area is 92.4 Å². The van der Waals surface area contributed by atoms with Crippen LogP contribution in [0.25, 0.3) is 0 Å². The van der Waals surface area contributed by atoms with Gasteiger partial charge in [-0.2, -0.15) is 0 Å². The zero-order valence-corrected chi connectivity index (χ0v) is 8.17. The third kappa shape index (κ3) is 2.06. The van der Waals surface area contributed by atoms with Crippen molar-refractivity contribution < 1.29 is 19.7 Å². The molecule has 0 radical (unpaired) electrons. The minimum atomic E-state index is -1.18.